The lowest BCUT2D eigenvalue weighted by molar-refractivity contribution is 0.0935. The summed E-state index contributed by atoms with van der Waals surface area (Å²) in [6.07, 6.45) is 0.858. The van der Waals surface area contributed by atoms with Crippen molar-refractivity contribution in [1.82, 2.24) is 5.32 Å². The second kappa shape index (κ2) is 7.80. The van der Waals surface area contributed by atoms with Gasteiger partial charge in [0.15, 0.2) is 0 Å². The number of rotatable bonds is 5. The van der Waals surface area contributed by atoms with E-state index in [0.29, 0.717) is 5.56 Å². The van der Waals surface area contributed by atoms with Gasteiger partial charge in [-0.1, -0.05) is 79.2 Å². The zero-order valence-corrected chi connectivity index (χ0v) is 14.7. The van der Waals surface area contributed by atoms with Gasteiger partial charge < -0.3 is 5.32 Å². The standard InChI is InChI=1S/C23H23NO/c1-3-22(20-11-9-17(2)10-12-20)24-23(25)21-15-13-19(14-16-21)18-7-5-4-6-8-18/h4-16,22H,3H2,1-2H3,(H,24,25). The van der Waals surface area contributed by atoms with E-state index in [2.05, 4.69) is 55.6 Å². The Balaban J connectivity index is 1.73. The van der Waals surface area contributed by atoms with Gasteiger partial charge in [0.2, 0.25) is 0 Å². The summed E-state index contributed by atoms with van der Waals surface area (Å²) < 4.78 is 0. The van der Waals surface area contributed by atoms with E-state index in [1.54, 1.807) is 0 Å². The SMILES string of the molecule is CCC(NC(=O)c1ccc(-c2ccccc2)cc1)c1ccc(C)cc1. The average molecular weight is 329 g/mol. The van der Waals surface area contributed by atoms with Crippen LogP contribution in [0.25, 0.3) is 11.1 Å². The number of hydrogen-bond acceptors (Lipinski definition) is 1. The van der Waals surface area contributed by atoms with Gasteiger partial charge in [0, 0.05) is 5.56 Å². The lowest BCUT2D eigenvalue weighted by Gasteiger charge is -2.18. The molecule has 0 aliphatic heterocycles. The lowest BCUT2D eigenvalue weighted by Crippen LogP contribution is -2.28. The van der Waals surface area contributed by atoms with Crippen LogP contribution in [0.3, 0.4) is 0 Å². The van der Waals surface area contributed by atoms with Crippen LogP contribution in [0.1, 0.15) is 40.9 Å². The second-order valence-corrected chi connectivity index (χ2v) is 6.29. The summed E-state index contributed by atoms with van der Waals surface area (Å²) in [5.74, 6) is -0.0352. The zero-order valence-electron chi connectivity index (χ0n) is 14.7. The summed E-state index contributed by atoms with van der Waals surface area (Å²) in [6.45, 7) is 4.15. The maximum atomic E-state index is 12.6. The van der Waals surface area contributed by atoms with Crippen molar-refractivity contribution in [3.05, 3.63) is 95.6 Å². The molecule has 0 saturated heterocycles. The minimum absolute atomic E-state index is 0.0295. The summed E-state index contributed by atoms with van der Waals surface area (Å²) in [5.41, 5.74) is 5.32. The van der Waals surface area contributed by atoms with Crippen LogP contribution in [0.4, 0.5) is 0 Å². The molecule has 0 heterocycles. The minimum atomic E-state index is -0.0352. The Kier molecular flexibility index (Phi) is 5.30. The average Bonchev–Trinajstić information content (AvgIpc) is 2.67. The van der Waals surface area contributed by atoms with E-state index in [4.69, 9.17) is 0 Å². The summed E-state index contributed by atoms with van der Waals surface area (Å²) in [5, 5.41) is 3.14. The number of carbonyl (C=O) groups is 1. The van der Waals surface area contributed by atoms with Crippen molar-refractivity contribution < 1.29 is 4.79 Å². The highest BCUT2D eigenvalue weighted by atomic mass is 16.1. The van der Waals surface area contributed by atoms with Crippen LogP contribution in [-0.2, 0) is 0 Å². The summed E-state index contributed by atoms with van der Waals surface area (Å²) in [7, 11) is 0. The predicted octanol–water partition coefficient (Wildman–Crippen LogP) is 5.54. The molecule has 1 N–H and O–H groups in total. The van der Waals surface area contributed by atoms with Crippen LogP contribution in [0.15, 0.2) is 78.9 Å². The van der Waals surface area contributed by atoms with E-state index in [1.807, 2.05) is 42.5 Å². The number of amides is 1. The van der Waals surface area contributed by atoms with Crippen LogP contribution in [0.5, 0.6) is 0 Å². The largest absolute Gasteiger partial charge is 0.345 e. The van der Waals surface area contributed by atoms with Gasteiger partial charge in [-0.3, -0.25) is 4.79 Å². The number of nitrogens with one attached hydrogen (secondary N) is 1. The molecule has 1 atom stereocenters. The van der Waals surface area contributed by atoms with Gasteiger partial charge in [0.05, 0.1) is 6.04 Å². The van der Waals surface area contributed by atoms with Gasteiger partial charge >= 0.3 is 0 Å². The monoisotopic (exact) mass is 329 g/mol. The Morgan fingerprint density at radius 3 is 2.04 bits per heavy atom. The first-order valence-electron chi connectivity index (χ1n) is 8.70. The van der Waals surface area contributed by atoms with Crippen LogP contribution < -0.4 is 5.32 Å². The molecule has 3 rings (SSSR count). The highest BCUT2D eigenvalue weighted by Gasteiger charge is 2.14. The van der Waals surface area contributed by atoms with Gasteiger partial charge in [-0.25, -0.2) is 0 Å². The van der Waals surface area contributed by atoms with Gasteiger partial charge in [-0.2, -0.15) is 0 Å². The molecule has 0 bridgehead atoms. The van der Waals surface area contributed by atoms with E-state index < -0.39 is 0 Å². The van der Waals surface area contributed by atoms with E-state index in [-0.39, 0.29) is 11.9 Å². The van der Waals surface area contributed by atoms with E-state index in [1.165, 1.54) is 5.56 Å². The minimum Gasteiger partial charge on any atom is -0.345 e. The van der Waals surface area contributed by atoms with Crippen molar-refractivity contribution in [1.29, 1.82) is 0 Å². The molecular weight excluding hydrogens is 306 g/mol. The van der Waals surface area contributed by atoms with Crippen molar-refractivity contribution in [2.45, 2.75) is 26.3 Å². The zero-order chi connectivity index (χ0) is 17.6. The fourth-order valence-electron chi connectivity index (χ4n) is 2.91. The molecule has 0 aromatic heterocycles. The van der Waals surface area contributed by atoms with Gasteiger partial charge in [0.25, 0.3) is 5.91 Å². The smallest absolute Gasteiger partial charge is 0.251 e. The summed E-state index contributed by atoms with van der Waals surface area (Å²) >= 11 is 0. The first-order chi connectivity index (χ1) is 12.2. The molecule has 0 spiro atoms. The molecule has 2 nitrogen and oxygen atoms in total. The quantitative estimate of drug-likeness (QED) is 0.654. The summed E-state index contributed by atoms with van der Waals surface area (Å²) in [4.78, 5) is 12.6. The molecule has 3 aromatic rings. The van der Waals surface area contributed by atoms with Crippen LogP contribution >= 0.6 is 0 Å². The van der Waals surface area contributed by atoms with Crippen molar-refractivity contribution in [3.63, 3.8) is 0 Å². The first-order valence-corrected chi connectivity index (χ1v) is 8.70. The second-order valence-electron chi connectivity index (χ2n) is 6.29. The van der Waals surface area contributed by atoms with Crippen LogP contribution in [0, 0.1) is 6.92 Å². The molecule has 0 aliphatic carbocycles. The van der Waals surface area contributed by atoms with E-state index >= 15 is 0 Å². The molecule has 25 heavy (non-hydrogen) atoms. The number of benzene rings is 3. The first kappa shape index (κ1) is 17.0. The molecule has 0 fully saturated rings. The van der Waals surface area contributed by atoms with Crippen molar-refractivity contribution in [3.8, 4) is 11.1 Å². The highest BCUT2D eigenvalue weighted by molar-refractivity contribution is 5.95. The summed E-state index contributed by atoms with van der Waals surface area (Å²) in [6, 6.07) is 26.3. The molecule has 0 radical (unpaired) electrons. The fourth-order valence-corrected chi connectivity index (χ4v) is 2.91. The number of carbonyl (C=O) groups excluding carboxylic acids is 1. The highest BCUT2D eigenvalue weighted by Crippen LogP contribution is 2.21. The van der Waals surface area contributed by atoms with Gasteiger partial charge in [-0.15, -0.1) is 0 Å². The number of hydrogen-bond donors (Lipinski definition) is 1. The normalized spacial score (nSPS) is 11.8. The maximum Gasteiger partial charge on any atom is 0.251 e. The Morgan fingerprint density at radius 1 is 0.840 bits per heavy atom. The molecule has 1 amide bonds. The molecule has 0 saturated carbocycles. The third kappa shape index (κ3) is 4.16. The number of aryl methyl sites for hydroxylation is 1. The van der Waals surface area contributed by atoms with Crippen molar-refractivity contribution in [2.24, 2.45) is 0 Å². The molecule has 0 aliphatic rings. The Labute approximate surface area is 149 Å². The third-order valence-electron chi connectivity index (χ3n) is 4.45. The Hall–Kier alpha value is -2.87. The van der Waals surface area contributed by atoms with Crippen LogP contribution in [0.2, 0.25) is 0 Å². The van der Waals surface area contributed by atoms with Gasteiger partial charge in [0.1, 0.15) is 0 Å². The third-order valence-corrected chi connectivity index (χ3v) is 4.45. The predicted molar refractivity (Wildman–Crippen MR) is 104 cm³/mol. The van der Waals surface area contributed by atoms with Crippen LogP contribution in [-0.4, -0.2) is 5.91 Å². The molecule has 1 unspecified atom stereocenters. The van der Waals surface area contributed by atoms with Crippen molar-refractivity contribution >= 4 is 5.91 Å². The molecular formula is C23H23NO. The topological polar surface area (TPSA) is 29.1 Å². The Bertz CT molecular complexity index is 820. The molecule has 2 heteroatoms. The van der Waals surface area contributed by atoms with Crippen molar-refractivity contribution in [2.75, 3.05) is 0 Å². The lowest BCUT2D eigenvalue weighted by atomic mass is 10.0. The maximum absolute atomic E-state index is 12.6. The fraction of sp³-hybridized carbons (Fsp3) is 0.174. The van der Waals surface area contributed by atoms with E-state index in [9.17, 15) is 4.79 Å². The van der Waals surface area contributed by atoms with E-state index in [0.717, 1.165) is 23.1 Å². The Morgan fingerprint density at radius 2 is 1.44 bits per heavy atom. The molecule has 3 aromatic carbocycles. The molecule has 126 valence electrons. The van der Waals surface area contributed by atoms with Gasteiger partial charge in [-0.05, 0) is 42.2 Å².